The number of phenols is 1. The van der Waals surface area contributed by atoms with E-state index >= 15 is 0 Å². The molecule has 3 N–H and O–H groups in total. The number of phenolic OH excluding ortho intramolecular Hbond substituents is 1. The molecule has 0 aliphatic carbocycles. The van der Waals surface area contributed by atoms with E-state index in [0.717, 1.165) is 12.1 Å². The second-order valence-corrected chi connectivity index (χ2v) is 3.50. The third-order valence-electron chi connectivity index (χ3n) is 2.38. The van der Waals surface area contributed by atoms with Gasteiger partial charge < -0.3 is 10.8 Å². The van der Waals surface area contributed by atoms with Gasteiger partial charge in [0, 0.05) is 5.56 Å². The molecule has 2 aromatic carbocycles. The molecule has 0 aromatic heterocycles. The van der Waals surface area contributed by atoms with Crippen molar-refractivity contribution in [1.29, 1.82) is 0 Å². The van der Waals surface area contributed by atoms with Crippen molar-refractivity contribution in [3.05, 3.63) is 47.8 Å². The highest BCUT2D eigenvalue weighted by molar-refractivity contribution is 5.70. The molecule has 0 heterocycles. The molecular weight excluding hydrogens is 231 g/mol. The van der Waals surface area contributed by atoms with Crippen LogP contribution in [0.5, 0.6) is 5.75 Å². The molecule has 0 unspecified atom stereocenters. The number of hydrogen-bond donors (Lipinski definition) is 2. The van der Waals surface area contributed by atoms with Gasteiger partial charge in [-0.1, -0.05) is 6.07 Å². The van der Waals surface area contributed by atoms with Crippen molar-refractivity contribution in [2.45, 2.75) is 0 Å². The van der Waals surface area contributed by atoms with Crippen LogP contribution in [-0.4, -0.2) is 5.11 Å². The molecule has 0 bridgehead atoms. The minimum absolute atomic E-state index is 0.122. The topological polar surface area (TPSA) is 46.2 Å². The predicted octanol–water partition coefficient (Wildman–Crippen LogP) is 3.06. The molecule has 88 valence electrons. The van der Waals surface area contributed by atoms with Crippen LogP contribution in [0.2, 0.25) is 0 Å². The number of aromatic hydroxyl groups is 1. The fourth-order valence-electron chi connectivity index (χ4n) is 1.46. The molecule has 17 heavy (non-hydrogen) atoms. The van der Waals surface area contributed by atoms with Gasteiger partial charge in [0.1, 0.15) is 5.75 Å². The molecule has 0 atom stereocenters. The van der Waals surface area contributed by atoms with Crippen LogP contribution in [0.4, 0.5) is 18.9 Å². The quantitative estimate of drug-likeness (QED) is 0.456. The summed E-state index contributed by atoms with van der Waals surface area (Å²) >= 11 is 0. The average molecular weight is 239 g/mol. The van der Waals surface area contributed by atoms with Gasteiger partial charge in [0.05, 0.1) is 5.69 Å². The highest BCUT2D eigenvalue weighted by Crippen LogP contribution is 2.30. The molecule has 2 rings (SSSR count). The highest BCUT2D eigenvalue weighted by atomic mass is 19.2. The lowest BCUT2D eigenvalue weighted by atomic mass is 10.0. The van der Waals surface area contributed by atoms with Crippen LogP contribution in [0.15, 0.2) is 30.3 Å². The first-order valence-electron chi connectivity index (χ1n) is 4.73. The lowest BCUT2D eigenvalue weighted by Gasteiger charge is -2.06. The Balaban J connectivity index is 2.61. The highest BCUT2D eigenvalue weighted by Gasteiger charge is 2.15. The first-order chi connectivity index (χ1) is 8.00. The van der Waals surface area contributed by atoms with Crippen LogP contribution in [0.1, 0.15) is 0 Å². The summed E-state index contributed by atoms with van der Waals surface area (Å²) in [6.45, 7) is 0. The number of anilines is 1. The van der Waals surface area contributed by atoms with Crippen LogP contribution in [0.3, 0.4) is 0 Å². The maximum absolute atomic E-state index is 13.5. The third-order valence-corrected chi connectivity index (χ3v) is 2.38. The number of nitrogens with two attached hydrogens (primary N) is 1. The Bertz CT molecular complexity index is 584. The van der Waals surface area contributed by atoms with E-state index in [0.29, 0.717) is 0 Å². The van der Waals surface area contributed by atoms with Crippen LogP contribution in [0.25, 0.3) is 11.1 Å². The molecule has 0 fully saturated rings. The summed E-state index contributed by atoms with van der Waals surface area (Å²) in [4.78, 5) is 0. The number of halogens is 3. The van der Waals surface area contributed by atoms with E-state index < -0.39 is 17.5 Å². The molecule has 0 spiro atoms. The molecule has 0 aliphatic rings. The molecule has 0 saturated carbocycles. The van der Waals surface area contributed by atoms with E-state index in [4.69, 9.17) is 5.73 Å². The zero-order valence-electron chi connectivity index (χ0n) is 8.55. The van der Waals surface area contributed by atoms with Crippen molar-refractivity contribution in [3.63, 3.8) is 0 Å². The average Bonchev–Trinajstić information content (AvgIpc) is 2.30. The molecule has 2 nitrogen and oxygen atoms in total. The first kappa shape index (κ1) is 11.3. The zero-order valence-corrected chi connectivity index (χ0v) is 8.55. The van der Waals surface area contributed by atoms with E-state index in [1.165, 1.54) is 18.2 Å². The van der Waals surface area contributed by atoms with Crippen molar-refractivity contribution in [3.8, 4) is 16.9 Å². The molecule has 2 aromatic rings. The van der Waals surface area contributed by atoms with Gasteiger partial charge in [-0.2, -0.15) is 0 Å². The van der Waals surface area contributed by atoms with E-state index in [2.05, 4.69) is 0 Å². The van der Waals surface area contributed by atoms with Crippen LogP contribution >= 0.6 is 0 Å². The fourth-order valence-corrected chi connectivity index (χ4v) is 1.46. The molecule has 0 amide bonds. The standard InChI is InChI=1S/C12H8F3NO/c13-8-3-2-7(11(14)12(8)15)6-1-4-9(16)10(17)5-6/h1-5,17H,16H2. The van der Waals surface area contributed by atoms with Crippen molar-refractivity contribution >= 4 is 5.69 Å². The summed E-state index contributed by atoms with van der Waals surface area (Å²) in [5, 5.41) is 9.36. The van der Waals surface area contributed by atoms with Gasteiger partial charge in [-0.05, 0) is 29.8 Å². The number of benzene rings is 2. The number of nitrogen functional groups attached to an aromatic ring is 1. The van der Waals surface area contributed by atoms with Gasteiger partial charge in [-0.15, -0.1) is 0 Å². The maximum atomic E-state index is 13.5. The van der Waals surface area contributed by atoms with Crippen molar-refractivity contribution < 1.29 is 18.3 Å². The smallest absolute Gasteiger partial charge is 0.195 e. The van der Waals surface area contributed by atoms with Crippen LogP contribution in [0, 0.1) is 17.5 Å². The van der Waals surface area contributed by atoms with Gasteiger partial charge in [0.15, 0.2) is 17.5 Å². The van der Waals surface area contributed by atoms with Gasteiger partial charge in [-0.3, -0.25) is 0 Å². The van der Waals surface area contributed by atoms with E-state index in [1.54, 1.807) is 0 Å². The Morgan fingerprint density at radius 3 is 2.29 bits per heavy atom. The SMILES string of the molecule is Nc1ccc(-c2ccc(F)c(F)c2F)cc1O. The van der Waals surface area contributed by atoms with Gasteiger partial charge in [-0.25, -0.2) is 13.2 Å². The summed E-state index contributed by atoms with van der Waals surface area (Å²) in [5.74, 6) is -4.34. The molecular formula is C12H8F3NO. The molecule has 0 radical (unpaired) electrons. The first-order valence-corrected chi connectivity index (χ1v) is 4.73. The molecule has 0 saturated heterocycles. The minimum Gasteiger partial charge on any atom is -0.506 e. The normalized spacial score (nSPS) is 10.5. The fraction of sp³-hybridized carbons (Fsp3) is 0. The Kier molecular flexibility index (Phi) is 2.67. The van der Waals surface area contributed by atoms with Crippen molar-refractivity contribution in [1.82, 2.24) is 0 Å². The van der Waals surface area contributed by atoms with Gasteiger partial charge >= 0.3 is 0 Å². The summed E-state index contributed by atoms with van der Waals surface area (Å²) in [5.41, 5.74) is 5.58. The summed E-state index contributed by atoms with van der Waals surface area (Å²) < 4.78 is 39.2. The lowest BCUT2D eigenvalue weighted by Crippen LogP contribution is -1.94. The number of rotatable bonds is 1. The minimum atomic E-state index is -1.54. The van der Waals surface area contributed by atoms with Crippen LogP contribution in [-0.2, 0) is 0 Å². The largest absolute Gasteiger partial charge is 0.506 e. The Labute approximate surface area is 95.1 Å². The van der Waals surface area contributed by atoms with Crippen molar-refractivity contribution in [2.75, 3.05) is 5.73 Å². The Morgan fingerprint density at radius 1 is 0.941 bits per heavy atom. The van der Waals surface area contributed by atoms with E-state index in [9.17, 15) is 18.3 Å². The second kappa shape index (κ2) is 4.01. The molecule has 5 heteroatoms. The van der Waals surface area contributed by atoms with Gasteiger partial charge in [0.25, 0.3) is 0 Å². The van der Waals surface area contributed by atoms with Crippen molar-refractivity contribution in [2.24, 2.45) is 0 Å². The predicted molar refractivity (Wildman–Crippen MR) is 57.8 cm³/mol. The lowest BCUT2D eigenvalue weighted by molar-refractivity contribution is 0.449. The monoisotopic (exact) mass is 239 g/mol. The van der Waals surface area contributed by atoms with Crippen LogP contribution < -0.4 is 5.73 Å². The van der Waals surface area contributed by atoms with Gasteiger partial charge in [0.2, 0.25) is 0 Å². The summed E-state index contributed by atoms with van der Waals surface area (Å²) in [7, 11) is 0. The second-order valence-electron chi connectivity index (χ2n) is 3.50. The van der Waals surface area contributed by atoms with E-state index in [1.807, 2.05) is 0 Å². The Hall–Kier alpha value is -2.17. The van der Waals surface area contributed by atoms with E-state index in [-0.39, 0.29) is 22.6 Å². The summed E-state index contributed by atoms with van der Waals surface area (Å²) in [6, 6.07) is 5.86. The Morgan fingerprint density at radius 2 is 1.65 bits per heavy atom. The zero-order chi connectivity index (χ0) is 12.6. The summed E-state index contributed by atoms with van der Waals surface area (Å²) in [6.07, 6.45) is 0. The molecule has 0 aliphatic heterocycles. The third kappa shape index (κ3) is 1.91. The maximum Gasteiger partial charge on any atom is 0.195 e. The number of hydrogen-bond acceptors (Lipinski definition) is 2.